The van der Waals surface area contributed by atoms with Crippen molar-refractivity contribution in [3.8, 4) is 5.75 Å². The quantitative estimate of drug-likeness (QED) is 0.752. The van der Waals surface area contributed by atoms with E-state index >= 15 is 0 Å². The molecule has 88 valence electrons. The van der Waals surface area contributed by atoms with E-state index in [1.807, 2.05) is 13.0 Å². The molecule has 0 unspecified atom stereocenters. The van der Waals surface area contributed by atoms with Crippen molar-refractivity contribution in [2.45, 2.75) is 13.3 Å². The van der Waals surface area contributed by atoms with Crippen molar-refractivity contribution >= 4 is 22.0 Å². The van der Waals surface area contributed by atoms with Crippen molar-refractivity contribution in [3.05, 3.63) is 35.4 Å². The van der Waals surface area contributed by atoms with Gasteiger partial charge < -0.3 is 4.74 Å². The van der Waals surface area contributed by atoms with Crippen LogP contribution in [0.1, 0.15) is 12.5 Å². The third-order valence-corrected chi connectivity index (χ3v) is 2.62. The first-order valence-electron chi connectivity index (χ1n) is 4.49. The predicted molar refractivity (Wildman–Crippen MR) is 60.6 cm³/mol. The summed E-state index contributed by atoms with van der Waals surface area (Å²) < 4.78 is 39.4. The first-order chi connectivity index (χ1) is 7.40. The van der Waals surface area contributed by atoms with Crippen LogP contribution in [0.2, 0.25) is 0 Å². The molecule has 0 spiro atoms. The second-order valence-corrected chi connectivity index (χ2v) is 3.80. The molecule has 0 heterocycles. The maximum Gasteiger partial charge on any atom is 0.573 e. The normalized spacial score (nSPS) is 12.7. The molecule has 0 bridgehead atoms. The average molecular weight is 295 g/mol. The van der Waals surface area contributed by atoms with Crippen LogP contribution in [-0.4, -0.2) is 11.7 Å². The molecule has 1 rings (SSSR count). The summed E-state index contributed by atoms with van der Waals surface area (Å²) in [5.41, 5.74) is 1.93. The van der Waals surface area contributed by atoms with Gasteiger partial charge in [-0.2, -0.15) is 0 Å². The number of hydrogen-bond donors (Lipinski definition) is 0. The lowest BCUT2D eigenvalue weighted by molar-refractivity contribution is -0.274. The van der Waals surface area contributed by atoms with Gasteiger partial charge in [-0.25, -0.2) is 0 Å². The highest BCUT2D eigenvalue weighted by Gasteiger charge is 2.30. The van der Waals surface area contributed by atoms with Crippen molar-refractivity contribution in [1.82, 2.24) is 0 Å². The Morgan fingerprint density at radius 2 is 1.88 bits per heavy atom. The molecule has 0 saturated heterocycles. The molecule has 1 aromatic rings. The average Bonchev–Trinajstić information content (AvgIpc) is 2.18. The number of rotatable bonds is 3. The molecule has 0 aliphatic rings. The molecule has 0 atom stereocenters. The molecule has 0 aliphatic heterocycles. The first kappa shape index (κ1) is 13.1. The number of benzene rings is 1. The van der Waals surface area contributed by atoms with Crippen molar-refractivity contribution in [1.29, 1.82) is 0 Å². The van der Waals surface area contributed by atoms with Crippen LogP contribution in [0.25, 0.3) is 6.08 Å². The molecule has 0 aliphatic carbocycles. The number of ether oxygens (including phenoxy) is 1. The van der Waals surface area contributed by atoms with Crippen LogP contribution >= 0.6 is 15.9 Å². The lowest BCUT2D eigenvalue weighted by Crippen LogP contribution is -2.16. The number of allylic oxidation sites excluding steroid dienone is 1. The maximum absolute atomic E-state index is 11.9. The Morgan fingerprint density at radius 3 is 2.31 bits per heavy atom. The van der Waals surface area contributed by atoms with Crippen molar-refractivity contribution < 1.29 is 17.9 Å². The molecular weight excluding hydrogens is 285 g/mol. The second kappa shape index (κ2) is 5.39. The van der Waals surface area contributed by atoms with Gasteiger partial charge in [-0.1, -0.05) is 39.7 Å². The zero-order chi connectivity index (χ0) is 12.2. The van der Waals surface area contributed by atoms with E-state index < -0.39 is 6.36 Å². The SMILES string of the molecule is CC(=Cc1ccc(OC(F)(F)F)cc1)CBr. The lowest BCUT2D eigenvalue weighted by Gasteiger charge is -2.08. The topological polar surface area (TPSA) is 9.23 Å². The predicted octanol–water partition coefficient (Wildman–Crippen LogP) is 4.38. The summed E-state index contributed by atoms with van der Waals surface area (Å²) in [6.45, 7) is 1.93. The molecule has 0 N–H and O–H groups in total. The Labute approximate surface area is 100 Å². The Bertz CT molecular complexity index is 368. The molecular formula is C11H10BrF3O. The van der Waals surface area contributed by atoms with Gasteiger partial charge in [0.25, 0.3) is 0 Å². The van der Waals surface area contributed by atoms with E-state index in [-0.39, 0.29) is 5.75 Å². The van der Waals surface area contributed by atoms with E-state index in [1.165, 1.54) is 12.1 Å². The molecule has 0 aromatic heterocycles. The van der Waals surface area contributed by atoms with Crippen LogP contribution in [-0.2, 0) is 0 Å². The zero-order valence-corrected chi connectivity index (χ0v) is 10.1. The minimum atomic E-state index is -4.64. The highest BCUT2D eigenvalue weighted by atomic mass is 79.9. The third kappa shape index (κ3) is 4.70. The number of halogens is 4. The van der Waals surface area contributed by atoms with Crippen LogP contribution in [0.4, 0.5) is 13.2 Å². The van der Waals surface area contributed by atoms with E-state index in [9.17, 15) is 13.2 Å². The van der Waals surface area contributed by atoms with Gasteiger partial charge in [-0.15, -0.1) is 13.2 Å². The Balaban J connectivity index is 2.76. The fraction of sp³-hybridized carbons (Fsp3) is 0.273. The Hall–Kier alpha value is -0.970. The van der Waals surface area contributed by atoms with Gasteiger partial charge in [0.2, 0.25) is 0 Å². The van der Waals surface area contributed by atoms with Crippen LogP contribution in [0.3, 0.4) is 0 Å². The minimum absolute atomic E-state index is 0.207. The van der Waals surface area contributed by atoms with E-state index in [4.69, 9.17) is 0 Å². The molecule has 0 radical (unpaired) electrons. The molecule has 0 amide bonds. The van der Waals surface area contributed by atoms with Gasteiger partial charge in [0, 0.05) is 5.33 Å². The summed E-state index contributed by atoms with van der Waals surface area (Å²) in [4.78, 5) is 0. The maximum atomic E-state index is 11.9. The van der Waals surface area contributed by atoms with Crippen molar-refractivity contribution in [3.63, 3.8) is 0 Å². The molecule has 5 heteroatoms. The van der Waals surface area contributed by atoms with Gasteiger partial charge in [0.1, 0.15) is 5.75 Å². The van der Waals surface area contributed by atoms with E-state index in [0.29, 0.717) is 0 Å². The highest BCUT2D eigenvalue weighted by Crippen LogP contribution is 2.23. The lowest BCUT2D eigenvalue weighted by atomic mass is 10.1. The Kier molecular flexibility index (Phi) is 4.41. The summed E-state index contributed by atoms with van der Waals surface area (Å²) in [6.07, 6.45) is -2.75. The Morgan fingerprint density at radius 1 is 1.31 bits per heavy atom. The van der Waals surface area contributed by atoms with Gasteiger partial charge in [0.05, 0.1) is 0 Å². The molecule has 1 nitrogen and oxygen atoms in total. The van der Waals surface area contributed by atoms with Crippen LogP contribution < -0.4 is 4.74 Å². The summed E-state index contributed by atoms with van der Waals surface area (Å²) in [6, 6.07) is 5.74. The standard InChI is InChI=1S/C11H10BrF3O/c1-8(7-12)6-9-2-4-10(5-3-9)16-11(13,14)15/h2-6H,7H2,1H3. The van der Waals surface area contributed by atoms with E-state index in [2.05, 4.69) is 20.7 Å². The van der Waals surface area contributed by atoms with Crippen LogP contribution in [0.15, 0.2) is 29.8 Å². The number of hydrogen-bond acceptors (Lipinski definition) is 1. The van der Waals surface area contributed by atoms with Gasteiger partial charge >= 0.3 is 6.36 Å². The third-order valence-electron chi connectivity index (χ3n) is 1.74. The first-order valence-corrected chi connectivity index (χ1v) is 5.62. The van der Waals surface area contributed by atoms with Crippen molar-refractivity contribution in [2.24, 2.45) is 0 Å². The molecule has 1 aromatic carbocycles. The summed E-state index contributed by atoms with van der Waals surface area (Å²) in [5.74, 6) is -0.207. The highest BCUT2D eigenvalue weighted by molar-refractivity contribution is 9.09. The summed E-state index contributed by atoms with van der Waals surface area (Å²) >= 11 is 3.28. The monoisotopic (exact) mass is 294 g/mol. The minimum Gasteiger partial charge on any atom is -0.406 e. The molecule has 0 fully saturated rings. The van der Waals surface area contributed by atoms with Crippen LogP contribution in [0.5, 0.6) is 5.75 Å². The van der Waals surface area contributed by atoms with E-state index in [0.717, 1.165) is 16.5 Å². The zero-order valence-electron chi connectivity index (χ0n) is 8.51. The van der Waals surface area contributed by atoms with Gasteiger partial charge in [0.15, 0.2) is 0 Å². The fourth-order valence-corrected chi connectivity index (χ4v) is 1.25. The van der Waals surface area contributed by atoms with Gasteiger partial charge in [-0.05, 0) is 24.6 Å². The molecule has 16 heavy (non-hydrogen) atoms. The fourth-order valence-electron chi connectivity index (χ4n) is 1.09. The number of alkyl halides is 4. The summed E-state index contributed by atoms with van der Waals surface area (Å²) in [5, 5.41) is 0.730. The largest absolute Gasteiger partial charge is 0.573 e. The van der Waals surface area contributed by atoms with E-state index in [1.54, 1.807) is 12.1 Å². The smallest absolute Gasteiger partial charge is 0.406 e. The van der Waals surface area contributed by atoms with Crippen LogP contribution in [0, 0.1) is 0 Å². The molecule has 0 saturated carbocycles. The summed E-state index contributed by atoms with van der Waals surface area (Å²) in [7, 11) is 0. The van der Waals surface area contributed by atoms with Crippen molar-refractivity contribution in [2.75, 3.05) is 5.33 Å². The second-order valence-electron chi connectivity index (χ2n) is 3.24. The van der Waals surface area contributed by atoms with Gasteiger partial charge in [-0.3, -0.25) is 0 Å².